The van der Waals surface area contributed by atoms with Crippen LogP contribution in [-0.2, 0) is 0 Å². The van der Waals surface area contributed by atoms with Gasteiger partial charge < -0.3 is 20.4 Å². The van der Waals surface area contributed by atoms with Gasteiger partial charge in [0.05, 0.1) is 0 Å². The molecule has 2 amide bonds. The number of para-hydroxylation sites is 1. The van der Waals surface area contributed by atoms with Gasteiger partial charge in [0.2, 0.25) is 0 Å². The highest BCUT2D eigenvalue weighted by molar-refractivity contribution is 6.30. The fourth-order valence-electron chi connectivity index (χ4n) is 3.45. The number of carbonyl (C=O) groups is 1. The average Bonchev–Trinajstić information content (AvgIpc) is 2.76. The molecule has 6 heteroatoms. The van der Waals surface area contributed by atoms with Gasteiger partial charge in [0.1, 0.15) is 0 Å². The first kappa shape index (κ1) is 19.2. The molecule has 1 aliphatic rings. The van der Waals surface area contributed by atoms with E-state index in [0.717, 1.165) is 48.3 Å². The van der Waals surface area contributed by atoms with Crippen molar-refractivity contribution in [2.75, 3.05) is 46.6 Å². The summed E-state index contributed by atoms with van der Waals surface area (Å²) in [7, 11) is 0. The molecular weight excluding hydrogens is 384 g/mol. The number of benzene rings is 3. The van der Waals surface area contributed by atoms with Crippen molar-refractivity contribution in [2.24, 2.45) is 0 Å². The molecule has 0 aromatic heterocycles. The minimum atomic E-state index is -0.250. The van der Waals surface area contributed by atoms with E-state index in [1.54, 1.807) is 0 Å². The van der Waals surface area contributed by atoms with Crippen molar-refractivity contribution in [3.63, 3.8) is 0 Å². The zero-order valence-electron chi connectivity index (χ0n) is 16.0. The summed E-state index contributed by atoms with van der Waals surface area (Å²) in [5, 5.41) is 6.45. The van der Waals surface area contributed by atoms with Crippen LogP contribution in [0.3, 0.4) is 0 Å². The number of piperazine rings is 1. The molecule has 4 rings (SSSR count). The molecule has 29 heavy (non-hydrogen) atoms. The Morgan fingerprint density at radius 1 is 0.655 bits per heavy atom. The van der Waals surface area contributed by atoms with Gasteiger partial charge in [-0.15, -0.1) is 0 Å². The van der Waals surface area contributed by atoms with Crippen LogP contribution < -0.4 is 20.4 Å². The Morgan fingerprint density at radius 3 is 1.62 bits per heavy atom. The molecule has 2 N–H and O–H groups in total. The van der Waals surface area contributed by atoms with E-state index in [1.165, 1.54) is 5.69 Å². The van der Waals surface area contributed by atoms with Gasteiger partial charge in [-0.25, -0.2) is 4.79 Å². The minimum absolute atomic E-state index is 0.250. The van der Waals surface area contributed by atoms with Gasteiger partial charge in [0, 0.05) is 54.0 Å². The van der Waals surface area contributed by atoms with Crippen molar-refractivity contribution in [3.05, 3.63) is 83.9 Å². The predicted molar refractivity (Wildman–Crippen MR) is 121 cm³/mol. The van der Waals surface area contributed by atoms with Crippen LogP contribution in [0.25, 0.3) is 0 Å². The first-order chi connectivity index (χ1) is 14.2. The number of anilines is 4. The number of hydrogen-bond donors (Lipinski definition) is 2. The lowest BCUT2D eigenvalue weighted by Gasteiger charge is -2.37. The highest BCUT2D eigenvalue weighted by Gasteiger charge is 2.17. The second-order valence-corrected chi connectivity index (χ2v) is 7.38. The van der Waals surface area contributed by atoms with E-state index < -0.39 is 0 Å². The molecular formula is C23H23ClN4O. The van der Waals surface area contributed by atoms with Crippen molar-refractivity contribution in [1.29, 1.82) is 0 Å². The molecule has 1 aliphatic heterocycles. The van der Waals surface area contributed by atoms with Gasteiger partial charge in [-0.3, -0.25) is 0 Å². The van der Waals surface area contributed by atoms with Gasteiger partial charge >= 0.3 is 6.03 Å². The van der Waals surface area contributed by atoms with Crippen LogP contribution in [0, 0.1) is 0 Å². The Labute approximate surface area is 175 Å². The number of urea groups is 1. The molecule has 5 nitrogen and oxygen atoms in total. The summed E-state index contributed by atoms with van der Waals surface area (Å²) < 4.78 is 0. The Kier molecular flexibility index (Phi) is 5.86. The molecule has 3 aromatic carbocycles. The predicted octanol–water partition coefficient (Wildman–Crippen LogP) is 5.31. The summed E-state index contributed by atoms with van der Waals surface area (Å²) in [6.07, 6.45) is 0. The van der Waals surface area contributed by atoms with Crippen molar-refractivity contribution in [3.8, 4) is 0 Å². The van der Waals surface area contributed by atoms with E-state index in [0.29, 0.717) is 0 Å². The number of hydrogen-bond acceptors (Lipinski definition) is 3. The van der Waals surface area contributed by atoms with Crippen LogP contribution in [0.15, 0.2) is 78.9 Å². The summed E-state index contributed by atoms with van der Waals surface area (Å²) in [4.78, 5) is 16.8. The molecule has 148 valence electrons. The largest absolute Gasteiger partial charge is 0.368 e. The first-order valence-corrected chi connectivity index (χ1v) is 10.0. The van der Waals surface area contributed by atoms with Gasteiger partial charge in [-0.05, 0) is 60.7 Å². The zero-order chi connectivity index (χ0) is 20.1. The van der Waals surface area contributed by atoms with Crippen LogP contribution in [0.2, 0.25) is 5.02 Å². The summed E-state index contributed by atoms with van der Waals surface area (Å²) in [5.41, 5.74) is 3.90. The number of rotatable bonds is 4. The Hall–Kier alpha value is -3.18. The van der Waals surface area contributed by atoms with Crippen LogP contribution in [-0.4, -0.2) is 32.2 Å². The molecule has 0 unspecified atom stereocenters. The van der Waals surface area contributed by atoms with Crippen molar-refractivity contribution >= 4 is 40.4 Å². The maximum absolute atomic E-state index is 12.1. The Morgan fingerprint density at radius 2 is 1.10 bits per heavy atom. The molecule has 0 spiro atoms. The number of nitrogens with one attached hydrogen (secondary N) is 2. The third kappa shape index (κ3) is 5.00. The zero-order valence-corrected chi connectivity index (χ0v) is 16.8. The SMILES string of the molecule is O=C(Nc1ccccc1)Nc1ccc(N2CCN(c3ccc(Cl)cc3)CC2)cc1. The summed E-state index contributed by atoms with van der Waals surface area (Å²) >= 11 is 5.98. The van der Waals surface area contributed by atoms with Crippen LogP contribution >= 0.6 is 11.6 Å². The standard InChI is InChI=1S/C23H23ClN4O/c24-18-6-10-21(11-7-18)27-14-16-28(17-15-27)22-12-8-20(9-13-22)26-23(29)25-19-4-2-1-3-5-19/h1-13H,14-17H2,(H2,25,26,29). The smallest absolute Gasteiger partial charge is 0.323 e. The van der Waals surface area contributed by atoms with E-state index in [2.05, 4.69) is 44.7 Å². The molecule has 0 aliphatic carbocycles. The van der Waals surface area contributed by atoms with Gasteiger partial charge in [0.15, 0.2) is 0 Å². The summed E-state index contributed by atoms with van der Waals surface area (Å²) in [6, 6.07) is 25.1. The number of halogens is 1. The van der Waals surface area contributed by atoms with Crippen LogP contribution in [0.5, 0.6) is 0 Å². The number of nitrogens with zero attached hydrogens (tertiary/aromatic N) is 2. The molecule has 1 saturated heterocycles. The van der Waals surface area contributed by atoms with Crippen molar-refractivity contribution in [1.82, 2.24) is 0 Å². The normalized spacial score (nSPS) is 13.8. The number of amides is 2. The lowest BCUT2D eigenvalue weighted by Crippen LogP contribution is -2.46. The lowest BCUT2D eigenvalue weighted by molar-refractivity contribution is 0.262. The molecule has 1 heterocycles. The fraction of sp³-hybridized carbons (Fsp3) is 0.174. The Balaban J connectivity index is 1.30. The highest BCUT2D eigenvalue weighted by atomic mass is 35.5. The Bertz CT molecular complexity index is 937. The third-order valence-corrected chi connectivity index (χ3v) is 5.25. The first-order valence-electron chi connectivity index (χ1n) is 9.66. The van der Waals surface area contributed by atoms with E-state index in [9.17, 15) is 4.79 Å². The van der Waals surface area contributed by atoms with Crippen molar-refractivity contribution < 1.29 is 4.79 Å². The minimum Gasteiger partial charge on any atom is -0.368 e. The van der Waals surface area contributed by atoms with E-state index >= 15 is 0 Å². The molecule has 3 aromatic rings. The second kappa shape index (κ2) is 8.88. The quantitative estimate of drug-likeness (QED) is 0.617. The molecule has 0 atom stereocenters. The van der Waals surface area contributed by atoms with Crippen molar-refractivity contribution in [2.45, 2.75) is 0 Å². The van der Waals surface area contributed by atoms with E-state index in [4.69, 9.17) is 11.6 Å². The monoisotopic (exact) mass is 406 g/mol. The lowest BCUT2D eigenvalue weighted by atomic mass is 10.2. The van der Waals surface area contributed by atoms with Gasteiger partial charge in [0.25, 0.3) is 0 Å². The second-order valence-electron chi connectivity index (χ2n) is 6.94. The van der Waals surface area contributed by atoms with Crippen LogP contribution in [0.4, 0.5) is 27.5 Å². The number of carbonyl (C=O) groups excluding carboxylic acids is 1. The van der Waals surface area contributed by atoms with E-state index in [-0.39, 0.29) is 6.03 Å². The topological polar surface area (TPSA) is 47.6 Å². The molecule has 0 bridgehead atoms. The maximum atomic E-state index is 12.1. The summed E-state index contributed by atoms with van der Waals surface area (Å²) in [6.45, 7) is 3.82. The molecule has 1 fully saturated rings. The van der Waals surface area contributed by atoms with E-state index in [1.807, 2.05) is 54.6 Å². The fourth-order valence-corrected chi connectivity index (χ4v) is 3.57. The average molecular weight is 407 g/mol. The summed E-state index contributed by atoms with van der Waals surface area (Å²) in [5.74, 6) is 0. The van der Waals surface area contributed by atoms with Gasteiger partial charge in [-0.2, -0.15) is 0 Å². The maximum Gasteiger partial charge on any atom is 0.323 e. The molecule has 0 radical (unpaired) electrons. The third-order valence-electron chi connectivity index (χ3n) is 4.99. The van der Waals surface area contributed by atoms with Gasteiger partial charge in [-0.1, -0.05) is 29.8 Å². The van der Waals surface area contributed by atoms with Crippen LogP contribution in [0.1, 0.15) is 0 Å². The molecule has 0 saturated carbocycles. The highest BCUT2D eigenvalue weighted by Crippen LogP contribution is 2.23.